The second kappa shape index (κ2) is 10.6. The van der Waals surface area contributed by atoms with Crippen LogP contribution in [0.2, 0.25) is 5.02 Å². The van der Waals surface area contributed by atoms with Crippen LogP contribution in [0, 0.1) is 0 Å². The van der Waals surface area contributed by atoms with Crippen molar-refractivity contribution < 1.29 is 22.8 Å². The summed E-state index contributed by atoms with van der Waals surface area (Å²) in [6, 6.07) is 17.3. The van der Waals surface area contributed by atoms with Crippen LogP contribution in [-0.2, 0) is 14.6 Å². The van der Waals surface area contributed by atoms with E-state index in [2.05, 4.69) is 5.32 Å². The van der Waals surface area contributed by atoms with Gasteiger partial charge in [-0.2, -0.15) is 0 Å². The van der Waals surface area contributed by atoms with Gasteiger partial charge in [-0.25, -0.2) is 8.42 Å². The van der Waals surface area contributed by atoms with Crippen LogP contribution in [0.4, 0.5) is 0 Å². The number of thiophene rings is 1. The number of halogens is 1. The number of carbonyl (C=O) groups is 3. The third-order valence-corrected chi connectivity index (χ3v) is 8.57. The van der Waals surface area contributed by atoms with Crippen LogP contribution in [0.25, 0.3) is 0 Å². The fraction of sp³-hybridized carbons (Fsp3) is 0.208. The van der Waals surface area contributed by atoms with E-state index in [4.69, 9.17) is 11.6 Å². The van der Waals surface area contributed by atoms with E-state index >= 15 is 0 Å². The van der Waals surface area contributed by atoms with Crippen molar-refractivity contribution in [3.05, 3.63) is 87.6 Å². The van der Waals surface area contributed by atoms with Gasteiger partial charge in [0.2, 0.25) is 15.2 Å². The van der Waals surface area contributed by atoms with E-state index in [0.29, 0.717) is 15.5 Å². The number of hydrogen-bond acceptors (Lipinski definition) is 6. The number of benzene rings is 2. The topological polar surface area (TPSA) is 104 Å². The molecule has 8 nitrogen and oxygen atoms in total. The van der Waals surface area contributed by atoms with Gasteiger partial charge in [0.25, 0.3) is 17.7 Å². The minimum atomic E-state index is -4.22. The van der Waals surface area contributed by atoms with Crippen molar-refractivity contribution in [1.82, 2.24) is 15.1 Å². The molecule has 2 heterocycles. The summed E-state index contributed by atoms with van der Waals surface area (Å²) < 4.78 is 26.7. The summed E-state index contributed by atoms with van der Waals surface area (Å²) in [6.07, 6.45) is 0. The summed E-state index contributed by atoms with van der Waals surface area (Å²) >= 11 is 7.03. The van der Waals surface area contributed by atoms with Gasteiger partial charge in [0.15, 0.2) is 0 Å². The maximum Gasteiger partial charge on any atom is 0.262 e. The Morgan fingerprint density at radius 3 is 2.09 bits per heavy atom. The largest absolute Gasteiger partial charge is 0.336 e. The summed E-state index contributed by atoms with van der Waals surface area (Å²) in [6.45, 7) is 0.718. The molecule has 0 bridgehead atoms. The van der Waals surface area contributed by atoms with Crippen LogP contribution in [0.1, 0.15) is 20.0 Å². The van der Waals surface area contributed by atoms with Crippen LogP contribution < -0.4 is 5.32 Å². The predicted octanol–water partition coefficient (Wildman–Crippen LogP) is 2.92. The third-order valence-electron chi connectivity index (χ3n) is 5.58. The molecule has 1 N–H and O–H groups in total. The molecule has 3 aromatic rings. The minimum Gasteiger partial charge on any atom is -0.336 e. The van der Waals surface area contributed by atoms with Gasteiger partial charge in [0.05, 0.1) is 9.77 Å². The average molecular weight is 532 g/mol. The molecule has 1 aliphatic rings. The van der Waals surface area contributed by atoms with Crippen molar-refractivity contribution in [2.24, 2.45) is 0 Å². The van der Waals surface area contributed by atoms with E-state index in [1.807, 2.05) is 0 Å². The highest BCUT2D eigenvalue weighted by atomic mass is 35.5. The molecule has 1 unspecified atom stereocenters. The number of sulfone groups is 1. The molecule has 11 heteroatoms. The van der Waals surface area contributed by atoms with E-state index in [1.165, 1.54) is 17.0 Å². The van der Waals surface area contributed by atoms with Gasteiger partial charge in [-0.1, -0.05) is 35.9 Å². The number of nitrogens with one attached hydrogen (secondary N) is 1. The van der Waals surface area contributed by atoms with Crippen molar-refractivity contribution in [2.75, 3.05) is 26.2 Å². The van der Waals surface area contributed by atoms with Gasteiger partial charge in [0.1, 0.15) is 0 Å². The Hall–Kier alpha value is -3.21. The lowest BCUT2D eigenvalue weighted by molar-refractivity contribution is -0.132. The summed E-state index contributed by atoms with van der Waals surface area (Å²) in [5.41, 5.74) is 0.474. The lowest BCUT2D eigenvalue weighted by atomic mass is 10.2. The predicted molar refractivity (Wildman–Crippen MR) is 133 cm³/mol. The lowest BCUT2D eigenvalue weighted by Gasteiger charge is -2.36. The number of carbonyl (C=O) groups excluding carboxylic acids is 3. The first-order chi connectivity index (χ1) is 16.8. The van der Waals surface area contributed by atoms with Crippen molar-refractivity contribution in [2.45, 2.75) is 10.3 Å². The van der Waals surface area contributed by atoms with Crippen LogP contribution in [0.3, 0.4) is 0 Å². The first-order valence-corrected chi connectivity index (χ1v) is 13.5. The Bertz CT molecular complexity index is 1300. The van der Waals surface area contributed by atoms with E-state index in [-0.39, 0.29) is 37.0 Å². The highest BCUT2D eigenvalue weighted by Gasteiger charge is 2.39. The zero-order chi connectivity index (χ0) is 25.0. The van der Waals surface area contributed by atoms with E-state index in [1.54, 1.807) is 64.9 Å². The molecule has 1 fully saturated rings. The second-order valence-electron chi connectivity index (χ2n) is 7.81. The van der Waals surface area contributed by atoms with Crippen LogP contribution >= 0.6 is 22.9 Å². The second-order valence-corrected chi connectivity index (χ2v) is 11.2. The molecule has 1 aliphatic heterocycles. The molecule has 1 saturated heterocycles. The van der Waals surface area contributed by atoms with Gasteiger partial charge < -0.3 is 15.1 Å². The Kier molecular flexibility index (Phi) is 7.54. The molecule has 0 radical (unpaired) electrons. The van der Waals surface area contributed by atoms with Crippen LogP contribution in [-0.4, -0.2) is 67.5 Å². The maximum absolute atomic E-state index is 13.4. The molecule has 182 valence electrons. The number of nitrogens with zero attached hydrogens (tertiary/aromatic N) is 2. The molecule has 1 aromatic heterocycles. The van der Waals surface area contributed by atoms with E-state index in [0.717, 1.165) is 11.3 Å². The summed E-state index contributed by atoms with van der Waals surface area (Å²) in [5.74, 6) is -1.58. The summed E-state index contributed by atoms with van der Waals surface area (Å²) in [5, 5.41) is 2.84. The molecule has 0 aliphatic carbocycles. The Morgan fingerprint density at radius 1 is 0.857 bits per heavy atom. The fourth-order valence-electron chi connectivity index (χ4n) is 3.69. The Morgan fingerprint density at radius 2 is 1.49 bits per heavy atom. The van der Waals surface area contributed by atoms with Gasteiger partial charge in [-0.3, -0.25) is 14.4 Å². The average Bonchev–Trinajstić information content (AvgIpc) is 3.43. The van der Waals surface area contributed by atoms with Gasteiger partial charge in [-0.15, -0.1) is 11.3 Å². The number of hydrogen-bond donors (Lipinski definition) is 1. The van der Waals surface area contributed by atoms with Crippen molar-refractivity contribution in [1.29, 1.82) is 0 Å². The first-order valence-electron chi connectivity index (χ1n) is 10.7. The van der Waals surface area contributed by atoms with E-state index in [9.17, 15) is 22.8 Å². The standard InChI is InChI=1S/C24H22ClN3O5S2/c25-18-10-8-17(9-11-18)23(30)27-12-14-28(15-13-27)24(31)22(26-21(29)20-7-4-16-34-20)35(32,33)19-5-2-1-3-6-19/h1-11,16,22H,12-15H2,(H,26,29). The molecule has 4 rings (SSSR count). The first kappa shape index (κ1) is 24.9. The summed E-state index contributed by atoms with van der Waals surface area (Å²) in [7, 11) is -4.22. The van der Waals surface area contributed by atoms with Gasteiger partial charge >= 0.3 is 0 Å². The highest BCUT2D eigenvalue weighted by Crippen LogP contribution is 2.19. The Labute approximate surface area is 212 Å². The number of rotatable bonds is 6. The molecule has 0 saturated carbocycles. The molecule has 35 heavy (non-hydrogen) atoms. The minimum absolute atomic E-state index is 0.0682. The SMILES string of the molecule is O=C(NC(C(=O)N1CCN(C(=O)c2ccc(Cl)cc2)CC1)S(=O)(=O)c1ccccc1)c1cccs1. The molecular weight excluding hydrogens is 510 g/mol. The third kappa shape index (κ3) is 5.55. The van der Waals surface area contributed by atoms with Crippen molar-refractivity contribution in [3.63, 3.8) is 0 Å². The van der Waals surface area contributed by atoms with Crippen LogP contribution in [0.5, 0.6) is 0 Å². The quantitative estimate of drug-likeness (QED) is 0.527. The summed E-state index contributed by atoms with van der Waals surface area (Å²) in [4.78, 5) is 42.1. The zero-order valence-corrected chi connectivity index (χ0v) is 20.9. The Balaban J connectivity index is 1.52. The lowest BCUT2D eigenvalue weighted by Crippen LogP contribution is -2.57. The number of amides is 3. The molecular formula is C24H22ClN3O5S2. The molecule has 3 amide bonds. The van der Waals surface area contributed by atoms with Gasteiger partial charge in [0, 0.05) is 36.8 Å². The monoisotopic (exact) mass is 531 g/mol. The van der Waals surface area contributed by atoms with Crippen LogP contribution in [0.15, 0.2) is 77.0 Å². The molecule has 1 atom stereocenters. The van der Waals surface area contributed by atoms with E-state index < -0.39 is 27.0 Å². The normalized spacial score (nSPS) is 14.9. The molecule has 0 spiro atoms. The fourth-order valence-corrected chi connectivity index (χ4v) is 5.93. The molecule has 2 aromatic carbocycles. The number of piperazine rings is 1. The highest BCUT2D eigenvalue weighted by molar-refractivity contribution is 7.92. The van der Waals surface area contributed by atoms with Gasteiger partial charge in [-0.05, 0) is 47.8 Å². The van der Waals surface area contributed by atoms with Crippen molar-refractivity contribution in [3.8, 4) is 0 Å². The maximum atomic E-state index is 13.4. The zero-order valence-electron chi connectivity index (χ0n) is 18.5. The smallest absolute Gasteiger partial charge is 0.262 e. The van der Waals surface area contributed by atoms with Crippen molar-refractivity contribution >= 4 is 50.5 Å².